The van der Waals surface area contributed by atoms with Gasteiger partial charge in [-0.3, -0.25) is 9.67 Å². The molecular weight excluding hydrogens is 405 g/mol. The summed E-state index contributed by atoms with van der Waals surface area (Å²) in [4.78, 5) is 4.20. The number of nitrogens with one attached hydrogen (secondary N) is 2. The van der Waals surface area contributed by atoms with Gasteiger partial charge in [-0.25, -0.2) is 0 Å². The largest absolute Gasteiger partial charge is 0.380 e. The molecule has 0 amide bonds. The van der Waals surface area contributed by atoms with Crippen LogP contribution in [0.1, 0.15) is 37.6 Å². The first-order chi connectivity index (χ1) is 10.7. The SMILES string of the molecule is CCCCOCCNC(=NC)NCCCn1nc(C)cc1C.I. The first kappa shape index (κ1) is 22.2. The van der Waals surface area contributed by atoms with E-state index in [1.54, 1.807) is 7.05 Å². The highest BCUT2D eigenvalue weighted by atomic mass is 127. The number of aliphatic imine (C=N–C) groups is 1. The summed E-state index contributed by atoms with van der Waals surface area (Å²) < 4.78 is 7.56. The summed E-state index contributed by atoms with van der Waals surface area (Å²) in [6, 6.07) is 2.10. The van der Waals surface area contributed by atoms with Crippen LogP contribution < -0.4 is 10.6 Å². The molecule has 0 atom stereocenters. The van der Waals surface area contributed by atoms with Gasteiger partial charge in [-0.1, -0.05) is 13.3 Å². The minimum atomic E-state index is 0. The second kappa shape index (κ2) is 13.6. The molecule has 134 valence electrons. The summed E-state index contributed by atoms with van der Waals surface area (Å²) in [5.74, 6) is 0.826. The van der Waals surface area contributed by atoms with Gasteiger partial charge < -0.3 is 15.4 Å². The van der Waals surface area contributed by atoms with Gasteiger partial charge in [-0.05, 0) is 32.8 Å². The lowest BCUT2D eigenvalue weighted by molar-refractivity contribution is 0.136. The van der Waals surface area contributed by atoms with E-state index in [1.807, 2.05) is 6.92 Å². The average Bonchev–Trinajstić information content (AvgIpc) is 2.82. The minimum absolute atomic E-state index is 0. The molecule has 23 heavy (non-hydrogen) atoms. The molecule has 0 saturated heterocycles. The Labute approximate surface area is 157 Å². The second-order valence-electron chi connectivity index (χ2n) is 5.40. The maximum atomic E-state index is 5.51. The number of guanidine groups is 1. The first-order valence-corrected chi connectivity index (χ1v) is 8.20. The van der Waals surface area contributed by atoms with Crippen LogP contribution in [-0.2, 0) is 11.3 Å². The number of hydrogen-bond donors (Lipinski definition) is 2. The molecular formula is C16H32IN5O. The molecule has 0 radical (unpaired) electrons. The van der Waals surface area contributed by atoms with Crippen molar-refractivity contribution in [2.45, 2.75) is 46.6 Å². The standard InChI is InChI=1S/C16H31N5O.HI/c1-5-6-11-22-12-9-19-16(17-4)18-8-7-10-21-15(3)13-14(2)20-21;/h13H,5-12H2,1-4H3,(H2,17,18,19);1H. The van der Waals surface area contributed by atoms with Crippen LogP contribution in [0.2, 0.25) is 0 Å². The predicted molar refractivity (Wildman–Crippen MR) is 107 cm³/mol. The fourth-order valence-electron chi connectivity index (χ4n) is 2.15. The highest BCUT2D eigenvalue weighted by Gasteiger charge is 2.01. The van der Waals surface area contributed by atoms with Crippen LogP contribution in [0.25, 0.3) is 0 Å². The Balaban J connectivity index is 0.00000484. The molecule has 0 aliphatic rings. The van der Waals surface area contributed by atoms with Crippen LogP contribution in [0.5, 0.6) is 0 Å². The molecule has 1 rings (SSSR count). The van der Waals surface area contributed by atoms with Gasteiger partial charge in [-0.15, -0.1) is 24.0 Å². The third-order valence-electron chi connectivity index (χ3n) is 3.35. The molecule has 0 unspecified atom stereocenters. The van der Waals surface area contributed by atoms with Crippen LogP contribution in [0, 0.1) is 13.8 Å². The average molecular weight is 437 g/mol. The summed E-state index contributed by atoms with van der Waals surface area (Å²) in [6.45, 7) is 10.4. The van der Waals surface area contributed by atoms with Gasteiger partial charge in [0.2, 0.25) is 0 Å². The number of aromatic nitrogens is 2. The van der Waals surface area contributed by atoms with E-state index in [-0.39, 0.29) is 24.0 Å². The summed E-state index contributed by atoms with van der Waals surface area (Å²) in [6.07, 6.45) is 3.31. The Morgan fingerprint density at radius 2 is 1.96 bits per heavy atom. The second-order valence-corrected chi connectivity index (χ2v) is 5.40. The van der Waals surface area contributed by atoms with Gasteiger partial charge in [-0.2, -0.15) is 5.10 Å². The molecule has 1 aromatic heterocycles. The molecule has 0 spiro atoms. The number of hydrogen-bond acceptors (Lipinski definition) is 3. The monoisotopic (exact) mass is 437 g/mol. The van der Waals surface area contributed by atoms with E-state index < -0.39 is 0 Å². The summed E-state index contributed by atoms with van der Waals surface area (Å²) in [7, 11) is 1.79. The van der Waals surface area contributed by atoms with Crippen LogP contribution >= 0.6 is 24.0 Å². The van der Waals surface area contributed by atoms with Crippen molar-refractivity contribution in [2.24, 2.45) is 4.99 Å². The van der Waals surface area contributed by atoms with Crippen molar-refractivity contribution in [2.75, 3.05) is 33.4 Å². The van der Waals surface area contributed by atoms with Crippen molar-refractivity contribution in [1.82, 2.24) is 20.4 Å². The number of nitrogens with zero attached hydrogens (tertiary/aromatic N) is 3. The number of ether oxygens (including phenoxy) is 1. The van der Waals surface area contributed by atoms with E-state index in [0.29, 0.717) is 6.61 Å². The van der Waals surface area contributed by atoms with Gasteiger partial charge in [0.05, 0.1) is 12.3 Å². The number of rotatable bonds is 10. The van der Waals surface area contributed by atoms with Crippen LogP contribution in [-0.4, -0.2) is 49.1 Å². The highest BCUT2D eigenvalue weighted by Crippen LogP contribution is 2.02. The van der Waals surface area contributed by atoms with E-state index in [2.05, 4.69) is 45.3 Å². The molecule has 0 aliphatic heterocycles. The Kier molecular flexibility index (Phi) is 13.1. The van der Waals surface area contributed by atoms with Gasteiger partial charge >= 0.3 is 0 Å². The van der Waals surface area contributed by atoms with E-state index in [1.165, 1.54) is 12.1 Å². The third-order valence-corrected chi connectivity index (χ3v) is 3.35. The van der Waals surface area contributed by atoms with Crippen LogP contribution in [0.3, 0.4) is 0 Å². The molecule has 0 bridgehead atoms. The topological polar surface area (TPSA) is 63.5 Å². The lowest BCUT2D eigenvalue weighted by Crippen LogP contribution is -2.39. The highest BCUT2D eigenvalue weighted by molar-refractivity contribution is 14.0. The zero-order chi connectivity index (χ0) is 16.2. The van der Waals surface area contributed by atoms with Gasteiger partial charge in [0, 0.05) is 39.0 Å². The van der Waals surface area contributed by atoms with Gasteiger partial charge in [0.15, 0.2) is 5.96 Å². The third kappa shape index (κ3) is 9.80. The lowest BCUT2D eigenvalue weighted by atomic mass is 10.4. The molecule has 2 N–H and O–H groups in total. The van der Waals surface area contributed by atoms with Gasteiger partial charge in [0.25, 0.3) is 0 Å². The molecule has 6 nitrogen and oxygen atoms in total. The zero-order valence-corrected chi connectivity index (χ0v) is 17.2. The van der Waals surface area contributed by atoms with Crippen molar-refractivity contribution in [3.05, 3.63) is 17.5 Å². The fraction of sp³-hybridized carbons (Fsp3) is 0.750. The predicted octanol–water partition coefficient (Wildman–Crippen LogP) is 2.49. The summed E-state index contributed by atoms with van der Waals surface area (Å²) >= 11 is 0. The smallest absolute Gasteiger partial charge is 0.191 e. The first-order valence-electron chi connectivity index (χ1n) is 8.20. The number of aryl methyl sites for hydroxylation is 3. The van der Waals surface area contributed by atoms with E-state index in [0.717, 1.165) is 50.7 Å². The van der Waals surface area contributed by atoms with Crippen molar-refractivity contribution in [1.29, 1.82) is 0 Å². The fourth-order valence-corrected chi connectivity index (χ4v) is 2.15. The quantitative estimate of drug-likeness (QED) is 0.256. The number of unbranched alkanes of at least 4 members (excludes halogenated alkanes) is 1. The van der Waals surface area contributed by atoms with Crippen LogP contribution in [0.4, 0.5) is 0 Å². The molecule has 0 fully saturated rings. The Morgan fingerprint density at radius 1 is 1.22 bits per heavy atom. The molecule has 0 aromatic carbocycles. The minimum Gasteiger partial charge on any atom is -0.380 e. The Morgan fingerprint density at radius 3 is 2.57 bits per heavy atom. The van der Waals surface area contributed by atoms with E-state index >= 15 is 0 Å². The zero-order valence-electron chi connectivity index (χ0n) is 14.9. The summed E-state index contributed by atoms with van der Waals surface area (Å²) in [5.41, 5.74) is 2.29. The molecule has 7 heteroatoms. The van der Waals surface area contributed by atoms with Crippen molar-refractivity contribution in [3.8, 4) is 0 Å². The number of halogens is 1. The van der Waals surface area contributed by atoms with Crippen molar-refractivity contribution < 1.29 is 4.74 Å². The van der Waals surface area contributed by atoms with Crippen molar-refractivity contribution in [3.63, 3.8) is 0 Å². The van der Waals surface area contributed by atoms with E-state index in [4.69, 9.17) is 4.74 Å². The summed E-state index contributed by atoms with van der Waals surface area (Å²) in [5, 5.41) is 11.0. The maximum absolute atomic E-state index is 5.51. The van der Waals surface area contributed by atoms with Crippen LogP contribution in [0.15, 0.2) is 11.1 Å². The molecule has 0 aliphatic carbocycles. The Hall–Kier alpha value is -0.830. The normalized spacial score (nSPS) is 11.2. The Bertz CT molecular complexity index is 448. The molecule has 1 heterocycles. The lowest BCUT2D eigenvalue weighted by Gasteiger charge is -2.12. The molecule has 1 aromatic rings. The molecule has 0 saturated carbocycles. The van der Waals surface area contributed by atoms with Gasteiger partial charge in [0.1, 0.15) is 0 Å². The maximum Gasteiger partial charge on any atom is 0.191 e. The van der Waals surface area contributed by atoms with Crippen molar-refractivity contribution >= 4 is 29.9 Å². The van der Waals surface area contributed by atoms with E-state index in [9.17, 15) is 0 Å².